The number of Topliss-reactive ketones (excluding diaryl/α,β-unsaturated/α-hetero) is 1. The molecule has 0 fully saturated rings. The zero-order valence-corrected chi connectivity index (χ0v) is 12.6. The summed E-state index contributed by atoms with van der Waals surface area (Å²) < 4.78 is 0. The molecule has 0 saturated carbocycles. The summed E-state index contributed by atoms with van der Waals surface area (Å²) in [4.78, 5) is 16.6. The van der Waals surface area contributed by atoms with Gasteiger partial charge in [0.15, 0.2) is 0 Å². The van der Waals surface area contributed by atoms with Crippen molar-refractivity contribution in [1.82, 2.24) is 4.98 Å². The second-order valence-corrected chi connectivity index (χ2v) is 6.68. The van der Waals surface area contributed by atoms with Crippen LogP contribution in [0.3, 0.4) is 0 Å². The van der Waals surface area contributed by atoms with E-state index in [1.807, 2.05) is 0 Å². The third-order valence-corrected chi connectivity index (χ3v) is 3.87. The van der Waals surface area contributed by atoms with E-state index in [0.29, 0.717) is 13.0 Å². The minimum Gasteiger partial charge on any atom is -0.330 e. The monoisotopic (exact) mass is 268 g/mol. The van der Waals surface area contributed by atoms with Gasteiger partial charge >= 0.3 is 0 Å². The molecule has 18 heavy (non-hydrogen) atoms. The molecule has 2 N–H and O–H groups in total. The zero-order chi connectivity index (χ0) is 13.8. The van der Waals surface area contributed by atoms with Crippen LogP contribution in [0.1, 0.15) is 51.2 Å². The lowest BCUT2D eigenvalue weighted by molar-refractivity contribution is -0.122. The summed E-state index contributed by atoms with van der Waals surface area (Å²) in [5, 5.41) is 2.97. The number of nitrogens with two attached hydrogens (primary N) is 1. The molecule has 1 atom stereocenters. The number of thiazole rings is 1. The number of nitrogens with zero attached hydrogens (tertiary/aromatic N) is 1. The normalized spacial score (nSPS) is 13.6. The van der Waals surface area contributed by atoms with E-state index in [0.717, 1.165) is 23.5 Å². The number of hydrogen-bond acceptors (Lipinski definition) is 4. The van der Waals surface area contributed by atoms with E-state index in [2.05, 4.69) is 38.1 Å². The predicted octanol–water partition coefficient (Wildman–Crippen LogP) is 2.93. The highest BCUT2D eigenvalue weighted by Gasteiger charge is 2.21. The van der Waals surface area contributed by atoms with Crippen molar-refractivity contribution in [1.29, 1.82) is 0 Å². The molecule has 1 heterocycles. The van der Waals surface area contributed by atoms with E-state index in [1.165, 1.54) is 0 Å². The fraction of sp³-hybridized carbons (Fsp3) is 0.714. The molecule has 0 spiro atoms. The van der Waals surface area contributed by atoms with Crippen LogP contribution in [0.25, 0.3) is 0 Å². The molecule has 0 radical (unpaired) electrons. The van der Waals surface area contributed by atoms with Crippen molar-refractivity contribution in [2.75, 3.05) is 6.54 Å². The Hall–Kier alpha value is -0.740. The third kappa shape index (κ3) is 4.18. The molecule has 0 saturated heterocycles. The number of carbonyl (C=O) groups is 1. The van der Waals surface area contributed by atoms with Crippen LogP contribution in [0.15, 0.2) is 5.38 Å². The van der Waals surface area contributed by atoms with Gasteiger partial charge < -0.3 is 5.73 Å². The van der Waals surface area contributed by atoms with E-state index in [1.54, 1.807) is 11.3 Å². The molecule has 1 rings (SSSR count). The first kappa shape index (κ1) is 15.3. The Kier molecular flexibility index (Phi) is 5.47. The average Bonchev–Trinajstić information content (AvgIpc) is 2.73. The topological polar surface area (TPSA) is 56.0 Å². The fourth-order valence-electron chi connectivity index (χ4n) is 1.79. The standard InChI is InChI=1S/C14H24N2OS/c1-5-6-10(8-15)11(17)7-13-16-12(9-18-13)14(2,3)4/h9-10H,5-8,15H2,1-4H3. The summed E-state index contributed by atoms with van der Waals surface area (Å²) in [6.07, 6.45) is 2.31. The van der Waals surface area contributed by atoms with Crippen LogP contribution in [-0.2, 0) is 16.6 Å². The van der Waals surface area contributed by atoms with E-state index in [4.69, 9.17) is 5.73 Å². The Balaban J connectivity index is 2.67. The maximum Gasteiger partial charge on any atom is 0.144 e. The smallest absolute Gasteiger partial charge is 0.144 e. The minimum absolute atomic E-state index is 0.00279. The molecule has 1 aromatic heterocycles. The molecule has 3 nitrogen and oxygen atoms in total. The molecule has 1 unspecified atom stereocenters. The predicted molar refractivity (Wildman–Crippen MR) is 77.0 cm³/mol. The molecule has 0 bridgehead atoms. The number of ketones is 1. The first-order valence-electron chi connectivity index (χ1n) is 6.56. The Labute approximate surface area is 114 Å². The summed E-state index contributed by atoms with van der Waals surface area (Å²) in [5.41, 5.74) is 6.77. The van der Waals surface area contributed by atoms with Crippen molar-refractivity contribution in [2.45, 2.75) is 52.4 Å². The van der Waals surface area contributed by atoms with Crippen LogP contribution >= 0.6 is 11.3 Å². The largest absolute Gasteiger partial charge is 0.330 e. The van der Waals surface area contributed by atoms with Crippen LogP contribution in [0, 0.1) is 5.92 Å². The Morgan fingerprint density at radius 1 is 1.50 bits per heavy atom. The van der Waals surface area contributed by atoms with Crippen LogP contribution in [-0.4, -0.2) is 17.3 Å². The Morgan fingerprint density at radius 2 is 2.17 bits per heavy atom. The summed E-state index contributed by atoms with van der Waals surface area (Å²) in [6.45, 7) is 8.93. The summed E-state index contributed by atoms with van der Waals surface area (Å²) in [5.74, 6) is 0.228. The van der Waals surface area contributed by atoms with Gasteiger partial charge in [-0.3, -0.25) is 4.79 Å². The molecule has 0 aliphatic heterocycles. The highest BCUT2D eigenvalue weighted by molar-refractivity contribution is 7.09. The van der Waals surface area contributed by atoms with Gasteiger partial charge in [-0.25, -0.2) is 4.98 Å². The molecule has 0 aromatic carbocycles. The highest BCUT2D eigenvalue weighted by Crippen LogP contribution is 2.24. The van der Waals surface area contributed by atoms with Crippen molar-refractivity contribution in [2.24, 2.45) is 11.7 Å². The molecule has 4 heteroatoms. The molecule has 102 valence electrons. The van der Waals surface area contributed by atoms with Gasteiger partial charge in [0.1, 0.15) is 10.8 Å². The maximum absolute atomic E-state index is 12.1. The molecule has 1 aromatic rings. The molecule has 0 aliphatic carbocycles. The summed E-state index contributed by atoms with van der Waals surface area (Å²) in [7, 11) is 0. The molecule has 0 amide bonds. The van der Waals surface area contributed by atoms with Gasteiger partial charge in [-0.05, 0) is 6.42 Å². The van der Waals surface area contributed by atoms with Crippen molar-refractivity contribution in [3.05, 3.63) is 16.1 Å². The first-order chi connectivity index (χ1) is 8.38. The first-order valence-corrected chi connectivity index (χ1v) is 7.44. The lowest BCUT2D eigenvalue weighted by atomic mass is 9.93. The van der Waals surface area contributed by atoms with Crippen molar-refractivity contribution >= 4 is 17.1 Å². The van der Waals surface area contributed by atoms with Gasteiger partial charge in [-0.2, -0.15) is 0 Å². The third-order valence-electron chi connectivity index (χ3n) is 3.02. The Morgan fingerprint density at radius 3 is 2.61 bits per heavy atom. The SMILES string of the molecule is CCCC(CN)C(=O)Cc1nc(C(C)(C)C)cs1. The van der Waals surface area contributed by atoms with Crippen molar-refractivity contribution in [3.63, 3.8) is 0 Å². The van der Waals surface area contributed by atoms with Gasteiger partial charge in [-0.1, -0.05) is 34.1 Å². The maximum atomic E-state index is 12.1. The minimum atomic E-state index is -0.00279. The molecular weight excluding hydrogens is 244 g/mol. The van der Waals surface area contributed by atoms with E-state index >= 15 is 0 Å². The van der Waals surface area contributed by atoms with Crippen LogP contribution in [0.4, 0.5) is 0 Å². The second-order valence-electron chi connectivity index (χ2n) is 5.74. The van der Waals surface area contributed by atoms with Crippen molar-refractivity contribution < 1.29 is 4.79 Å². The van der Waals surface area contributed by atoms with Gasteiger partial charge in [0, 0.05) is 23.3 Å². The number of hydrogen-bond donors (Lipinski definition) is 1. The van der Waals surface area contributed by atoms with E-state index < -0.39 is 0 Å². The van der Waals surface area contributed by atoms with E-state index in [-0.39, 0.29) is 17.1 Å². The van der Waals surface area contributed by atoms with Crippen LogP contribution in [0.2, 0.25) is 0 Å². The quantitative estimate of drug-likeness (QED) is 0.863. The van der Waals surface area contributed by atoms with Crippen LogP contribution in [0.5, 0.6) is 0 Å². The lowest BCUT2D eigenvalue weighted by Crippen LogP contribution is -2.25. The summed E-state index contributed by atoms with van der Waals surface area (Å²) in [6, 6.07) is 0. The van der Waals surface area contributed by atoms with Gasteiger partial charge in [0.2, 0.25) is 0 Å². The number of aromatic nitrogens is 1. The van der Waals surface area contributed by atoms with Gasteiger partial charge in [0.25, 0.3) is 0 Å². The fourth-order valence-corrected chi connectivity index (χ4v) is 2.82. The number of carbonyl (C=O) groups excluding carboxylic acids is 1. The zero-order valence-electron chi connectivity index (χ0n) is 11.8. The second kappa shape index (κ2) is 6.43. The average molecular weight is 268 g/mol. The Bertz CT molecular complexity index is 393. The molecule has 0 aliphatic rings. The van der Waals surface area contributed by atoms with E-state index in [9.17, 15) is 4.79 Å². The van der Waals surface area contributed by atoms with Crippen LogP contribution < -0.4 is 5.73 Å². The van der Waals surface area contributed by atoms with Gasteiger partial charge in [-0.15, -0.1) is 11.3 Å². The summed E-state index contributed by atoms with van der Waals surface area (Å²) >= 11 is 1.58. The van der Waals surface area contributed by atoms with Crippen molar-refractivity contribution in [3.8, 4) is 0 Å². The van der Waals surface area contributed by atoms with Gasteiger partial charge in [0.05, 0.1) is 12.1 Å². The lowest BCUT2D eigenvalue weighted by Gasteiger charge is -2.14. The molecular formula is C14H24N2OS. The highest BCUT2D eigenvalue weighted by atomic mass is 32.1. The number of rotatable bonds is 6.